The molecule has 25 heavy (non-hydrogen) atoms. The van der Waals surface area contributed by atoms with Gasteiger partial charge in [-0.3, -0.25) is 14.4 Å². The fraction of sp³-hybridized carbons (Fsp3) is 0.133. The maximum Gasteiger partial charge on any atom is 0.327 e. The molecule has 0 heterocycles. The van der Waals surface area contributed by atoms with Gasteiger partial charge in [-0.05, 0) is 37.3 Å². The fourth-order valence-electron chi connectivity index (χ4n) is 2.13. The molecule has 132 valence electrons. The number of nitrogens with zero attached hydrogens (tertiary/aromatic N) is 2. The van der Waals surface area contributed by atoms with Crippen LogP contribution in [0.15, 0.2) is 53.4 Å². The minimum Gasteiger partial charge on any atom is -0.480 e. The van der Waals surface area contributed by atoms with Crippen LogP contribution in [0.5, 0.6) is 0 Å². The number of benzene rings is 2. The molecule has 0 amide bonds. The largest absolute Gasteiger partial charge is 0.480 e. The van der Waals surface area contributed by atoms with E-state index in [0.29, 0.717) is 9.33 Å². The standard InChI is InChI=1S/C15H13ClN2O6S/c1-10(15(19)20)17(12-7-5-11(16)6-8-12)25(23,24)14-4-2-3-13(9-14)18(21)22/h2-10H,1H3,(H,19,20). The maximum absolute atomic E-state index is 12.9. The Morgan fingerprint density at radius 3 is 2.36 bits per heavy atom. The Morgan fingerprint density at radius 1 is 1.24 bits per heavy atom. The lowest BCUT2D eigenvalue weighted by atomic mass is 10.2. The molecule has 0 saturated heterocycles. The lowest BCUT2D eigenvalue weighted by molar-refractivity contribution is -0.385. The Hall–Kier alpha value is -2.65. The van der Waals surface area contributed by atoms with Gasteiger partial charge in [0, 0.05) is 17.2 Å². The number of rotatable bonds is 6. The Bertz CT molecular complexity index is 914. The van der Waals surface area contributed by atoms with Crippen molar-refractivity contribution in [2.45, 2.75) is 17.9 Å². The van der Waals surface area contributed by atoms with Gasteiger partial charge in [-0.15, -0.1) is 0 Å². The summed E-state index contributed by atoms with van der Waals surface area (Å²) in [6.07, 6.45) is 0. The van der Waals surface area contributed by atoms with Crippen LogP contribution in [0.25, 0.3) is 0 Å². The molecule has 1 N–H and O–H groups in total. The second-order valence-corrected chi connectivity index (χ2v) is 7.30. The zero-order valence-corrected chi connectivity index (χ0v) is 14.4. The highest BCUT2D eigenvalue weighted by Gasteiger charge is 2.34. The molecule has 0 radical (unpaired) electrons. The highest BCUT2D eigenvalue weighted by atomic mass is 35.5. The predicted molar refractivity (Wildman–Crippen MR) is 91.3 cm³/mol. The summed E-state index contributed by atoms with van der Waals surface area (Å²) in [7, 11) is -4.36. The van der Waals surface area contributed by atoms with Crippen molar-refractivity contribution in [1.82, 2.24) is 0 Å². The molecule has 0 saturated carbocycles. The van der Waals surface area contributed by atoms with Gasteiger partial charge in [0.2, 0.25) is 0 Å². The topological polar surface area (TPSA) is 118 Å². The van der Waals surface area contributed by atoms with Gasteiger partial charge < -0.3 is 5.11 Å². The number of non-ortho nitro benzene ring substituents is 1. The Morgan fingerprint density at radius 2 is 1.84 bits per heavy atom. The van der Waals surface area contributed by atoms with Crippen LogP contribution in [0.4, 0.5) is 11.4 Å². The quantitative estimate of drug-likeness (QED) is 0.604. The molecule has 0 fully saturated rings. The van der Waals surface area contributed by atoms with E-state index < -0.39 is 32.6 Å². The fourth-order valence-corrected chi connectivity index (χ4v) is 3.91. The normalized spacial score (nSPS) is 12.4. The number of halogens is 1. The van der Waals surface area contributed by atoms with Gasteiger partial charge in [0.1, 0.15) is 6.04 Å². The van der Waals surface area contributed by atoms with E-state index in [4.69, 9.17) is 11.6 Å². The molecule has 2 rings (SSSR count). The van der Waals surface area contributed by atoms with Crippen molar-refractivity contribution in [3.8, 4) is 0 Å². The van der Waals surface area contributed by atoms with Crippen LogP contribution in [-0.2, 0) is 14.8 Å². The highest BCUT2D eigenvalue weighted by molar-refractivity contribution is 7.93. The van der Waals surface area contributed by atoms with Crippen LogP contribution in [0, 0.1) is 10.1 Å². The van der Waals surface area contributed by atoms with Crippen molar-refractivity contribution in [3.63, 3.8) is 0 Å². The van der Waals surface area contributed by atoms with Crippen LogP contribution >= 0.6 is 11.6 Å². The first-order valence-corrected chi connectivity index (χ1v) is 8.73. The van der Waals surface area contributed by atoms with Crippen molar-refractivity contribution in [2.75, 3.05) is 4.31 Å². The molecule has 0 aliphatic heterocycles. The lowest BCUT2D eigenvalue weighted by Crippen LogP contribution is -2.43. The minimum absolute atomic E-state index is 0.0748. The molecule has 1 unspecified atom stereocenters. The number of hydrogen-bond acceptors (Lipinski definition) is 5. The first kappa shape index (κ1) is 18.7. The van der Waals surface area contributed by atoms with Gasteiger partial charge in [0.05, 0.1) is 15.5 Å². The third kappa shape index (κ3) is 3.89. The molecular weight excluding hydrogens is 372 g/mol. The first-order chi connectivity index (χ1) is 11.6. The molecule has 0 aromatic heterocycles. The first-order valence-electron chi connectivity index (χ1n) is 6.92. The van der Waals surface area contributed by atoms with Gasteiger partial charge >= 0.3 is 5.97 Å². The number of sulfonamides is 1. The van der Waals surface area contributed by atoms with E-state index in [1.807, 2.05) is 0 Å². The summed E-state index contributed by atoms with van der Waals surface area (Å²) in [5, 5.41) is 20.5. The van der Waals surface area contributed by atoms with Crippen molar-refractivity contribution in [2.24, 2.45) is 0 Å². The summed E-state index contributed by atoms with van der Waals surface area (Å²) in [5.41, 5.74) is -0.342. The summed E-state index contributed by atoms with van der Waals surface area (Å²) >= 11 is 5.79. The molecule has 0 aliphatic rings. The van der Waals surface area contributed by atoms with Crippen molar-refractivity contribution < 1.29 is 23.2 Å². The van der Waals surface area contributed by atoms with E-state index in [9.17, 15) is 28.4 Å². The van der Waals surface area contributed by atoms with Crippen LogP contribution in [0.2, 0.25) is 5.02 Å². The van der Waals surface area contributed by atoms with E-state index in [2.05, 4.69) is 0 Å². The number of carboxylic acids is 1. The van der Waals surface area contributed by atoms with E-state index in [-0.39, 0.29) is 10.6 Å². The van der Waals surface area contributed by atoms with E-state index >= 15 is 0 Å². The number of carbonyl (C=O) groups is 1. The Kier molecular flexibility index (Phi) is 5.29. The molecule has 8 nitrogen and oxygen atoms in total. The smallest absolute Gasteiger partial charge is 0.327 e. The van der Waals surface area contributed by atoms with Crippen molar-refractivity contribution in [1.29, 1.82) is 0 Å². The maximum atomic E-state index is 12.9. The average Bonchev–Trinajstić information content (AvgIpc) is 2.56. The number of carboxylic acid groups (broad SMARTS) is 1. The third-order valence-electron chi connectivity index (χ3n) is 3.38. The zero-order chi connectivity index (χ0) is 18.8. The number of nitro groups is 1. The second-order valence-electron chi connectivity index (χ2n) is 5.05. The SMILES string of the molecule is CC(C(=O)O)N(c1ccc(Cl)cc1)S(=O)(=O)c1cccc([N+](=O)[O-])c1. The molecule has 0 bridgehead atoms. The number of aliphatic carboxylic acids is 1. The van der Waals surface area contributed by atoms with Gasteiger partial charge in [-0.2, -0.15) is 0 Å². The number of hydrogen-bond donors (Lipinski definition) is 1. The van der Waals surface area contributed by atoms with Gasteiger partial charge in [0.15, 0.2) is 0 Å². The summed E-state index contributed by atoms with van der Waals surface area (Å²) in [4.78, 5) is 21.2. The van der Waals surface area contributed by atoms with Gasteiger partial charge in [-0.25, -0.2) is 13.2 Å². The predicted octanol–water partition coefficient (Wildman–Crippen LogP) is 2.92. The summed E-state index contributed by atoms with van der Waals surface area (Å²) in [5.74, 6) is -1.37. The molecular formula is C15H13ClN2O6S. The number of nitro benzene ring substituents is 1. The summed E-state index contributed by atoms with van der Waals surface area (Å²) in [6, 6.07) is 8.52. The molecule has 1 atom stereocenters. The Balaban J connectivity index is 2.63. The molecule has 2 aromatic carbocycles. The van der Waals surface area contributed by atoms with Crippen LogP contribution < -0.4 is 4.31 Å². The molecule has 10 heteroatoms. The summed E-state index contributed by atoms with van der Waals surface area (Å²) in [6.45, 7) is 1.20. The zero-order valence-electron chi connectivity index (χ0n) is 12.9. The van der Waals surface area contributed by atoms with Gasteiger partial charge in [-0.1, -0.05) is 17.7 Å². The van der Waals surface area contributed by atoms with Crippen molar-refractivity contribution in [3.05, 3.63) is 63.7 Å². The minimum atomic E-state index is -4.36. The highest BCUT2D eigenvalue weighted by Crippen LogP contribution is 2.29. The average molecular weight is 385 g/mol. The van der Waals surface area contributed by atoms with Crippen LogP contribution in [-0.4, -0.2) is 30.5 Å². The molecule has 2 aromatic rings. The van der Waals surface area contributed by atoms with Gasteiger partial charge in [0.25, 0.3) is 15.7 Å². The van der Waals surface area contributed by atoms with Crippen molar-refractivity contribution >= 4 is 39.0 Å². The van der Waals surface area contributed by atoms with Crippen LogP contribution in [0.1, 0.15) is 6.92 Å². The van der Waals surface area contributed by atoms with E-state index in [1.54, 1.807) is 0 Å². The molecule has 0 spiro atoms. The third-order valence-corrected chi connectivity index (χ3v) is 5.52. The molecule has 0 aliphatic carbocycles. The van der Waals surface area contributed by atoms with Crippen LogP contribution in [0.3, 0.4) is 0 Å². The number of anilines is 1. The summed E-state index contributed by atoms with van der Waals surface area (Å²) < 4.78 is 26.6. The second kappa shape index (κ2) is 7.08. The van der Waals surface area contributed by atoms with E-state index in [0.717, 1.165) is 12.1 Å². The lowest BCUT2D eigenvalue weighted by Gasteiger charge is -2.28. The Labute approximate surface area is 148 Å². The van der Waals surface area contributed by atoms with E-state index in [1.165, 1.54) is 43.3 Å². The monoisotopic (exact) mass is 384 g/mol.